The van der Waals surface area contributed by atoms with Crippen LogP contribution in [-0.4, -0.2) is 19.2 Å². The maximum absolute atomic E-state index is 12.1. The standard InChI is InChI=1S/C26H22ClNO2/c1-18-14-19(16-20(27)15-18)8-6-7-13-28-26(29)30-17-25-23-11-4-2-9-21(23)22-10-3-5-12-24(22)25/h2-5,9-12,14-16,25H,7,13,17H2,1H3,(H,28,29). The summed E-state index contributed by atoms with van der Waals surface area (Å²) in [6.45, 7) is 2.73. The lowest BCUT2D eigenvalue weighted by molar-refractivity contribution is 0.143. The average molecular weight is 416 g/mol. The lowest BCUT2D eigenvalue weighted by atomic mass is 9.98. The summed E-state index contributed by atoms with van der Waals surface area (Å²) in [6.07, 6.45) is 0.118. The van der Waals surface area contributed by atoms with Crippen molar-refractivity contribution in [2.45, 2.75) is 19.3 Å². The van der Waals surface area contributed by atoms with Gasteiger partial charge in [0, 0.05) is 29.5 Å². The number of ether oxygens (including phenoxy) is 1. The number of benzene rings is 3. The van der Waals surface area contributed by atoms with Crippen LogP contribution >= 0.6 is 11.6 Å². The highest BCUT2D eigenvalue weighted by molar-refractivity contribution is 6.30. The van der Waals surface area contributed by atoms with Crippen LogP contribution in [-0.2, 0) is 4.74 Å². The van der Waals surface area contributed by atoms with Crippen molar-refractivity contribution in [1.82, 2.24) is 5.32 Å². The molecule has 1 aliphatic rings. The normalized spacial score (nSPS) is 11.8. The number of amides is 1. The van der Waals surface area contributed by atoms with Gasteiger partial charge >= 0.3 is 6.09 Å². The Morgan fingerprint density at radius 2 is 1.70 bits per heavy atom. The van der Waals surface area contributed by atoms with Crippen LogP contribution < -0.4 is 5.32 Å². The molecule has 4 heteroatoms. The predicted octanol–water partition coefficient (Wildman–Crippen LogP) is 5.93. The van der Waals surface area contributed by atoms with Gasteiger partial charge in [-0.1, -0.05) is 72.0 Å². The van der Waals surface area contributed by atoms with Crippen LogP contribution in [0.15, 0.2) is 66.7 Å². The van der Waals surface area contributed by atoms with Gasteiger partial charge in [-0.05, 0) is 52.9 Å². The summed E-state index contributed by atoms with van der Waals surface area (Å²) in [5.41, 5.74) is 6.79. The fourth-order valence-electron chi connectivity index (χ4n) is 3.85. The van der Waals surface area contributed by atoms with Crippen molar-refractivity contribution in [1.29, 1.82) is 0 Å². The number of rotatable bonds is 4. The number of carbonyl (C=O) groups is 1. The minimum absolute atomic E-state index is 0.0639. The minimum atomic E-state index is -0.419. The Morgan fingerprint density at radius 1 is 1.03 bits per heavy atom. The number of nitrogens with one attached hydrogen (secondary N) is 1. The summed E-state index contributed by atoms with van der Waals surface area (Å²) in [7, 11) is 0. The molecule has 1 aliphatic carbocycles. The van der Waals surface area contributed by atoms with E-state index in [1.54, 1.807) is 0 Å². The Balaban J connectivity index is 1.29. The number of aryl methyl sites for hydroxylation is 1. The molecule has 0 atom stereocenters. The number of fused-ring (bicyclic) bond motifs is 3. The van der Waals surface area contributed by atoms with E-state index in [0.717, 1.165) is 11.1 Å². The molecule has 0 aliphatic heterocycles. The first-order chi connectivity index (χ1) is 14.6. The second kappa shape index (κ2) is 9.07. The van der Waals surface area contributed by atoms with E-state index in [0.29, 0.717) is 24.6 Å². The van der Waals surface area contributed by atoms with E-state index in [1.165, 1.54) is 22.3 Å². The molecule has 0 unspecified atom stereocenters. The van der Waals surface area contributed by atoms with E-state index in [9.17, 15) is 4.79 Å². The van der Waals surface area contributed by atoms with Crippen molar-refractivity contribution in [3.8, 4) is 23.0 Å². The van der Waals surface area contributed by atoms with Gasteiger partial charge in [0.05, 0.1) is 0 Å². The van der Waals surface area contributed by atoms with Gasteiger partial charge in [0.2, 0.25) is 0 Å². The maximum Gasteiger partial charge on any atom is 0.407 e. The van der Waals surface area contributed by atoms with E-state index in [4.69, 9.17) is 16.3 Å². The fourth-order valence-corrected chi connectivity index (χ4v) is 4.14. The summed E-state index contributed by atoms with van der Waals surface area (Å²) in [4.78, 5) is 12.1. The highest BCUT2D eigenvalue weighted by Gasteiger charge is 2.28. The van der Waals surface area contributed by atoms with Crippen LogP contribution in [0.4, 0.5) is 4.79 Å². The highest BCUT2D eigenvalue weighted by Crippen LogP contribution is 2.44. The Bertz CT molecular complexity index is 1080. The van der Waals surface area contributed by atoms with E-state index in [1.807, 2.05) is 49.4 Å². The number of carbonyl (C=O) groups excluding carboxylic acids is 1. The third-order valence-electron chi connectivity index (χ3n) is 5.14. The minimum Gasteiger partial charge on any atom is -0.449 e. The summed E-state index contributed by atoms with van der Waals surface area (Å²) in [6, 6.07) is 22.3. The molecule has 30 heavy (non-hydrogen) atoms. The summed E-state index contributed by atoms with van der Waals surface area (Å²) in [5.74, 6) is 6.19. The predicted molar refractivity (Wildman–Crippen MR) is 121 cm³/mol. The molecular weight excluding hydrogens is 394 g/mol. The third-order valence-corrected chi connectivity index (χ3v) is 5.36. The molecule has 0 heterocycles. The Hall–Kier alpha value is -3.22. The monoisotopic (exact) mass is 415 g/mol. The Kier molecular flexibility index (Phi) is 6.07. The molecule has 150 valence electrons. The van der Waals surface area contributed by atoms with Crippen molar-refractivity contribution in [3.63, 3.8) is 0 Å². The number of hydrogen-bond donors (Lipinski definition) is 1. The molecule has 0 spiro atoms. The first-order valence-corrected chi connectivity index (χ1v) is 10.3. The molecule has 3 aromatic carbocycles. The van der Waals surface area contributed by atoms with Gasteiger partial charge in [0.15, 0.2) is 0 Å². The molecule has 4 rings (SSSR count). The van der Waals surface area contributed by atoms with E-state index < -0.39 is 6.09 Å². The molecule has 0 saturated carbocycles. The van der Waals surface area contributed by atoms with Crippen molar-refractivity contribution < 1.29 is 9.53 Å². The topological polar surface area (TPSA) is 38.3 Å². The number of hydrogen-bond acceptors (Lipinski definition) is 2. The molecular formula is C26H22ClNO2. The molecule has 1 N–H and O–H groups in total. The van der Waals surface area contributed by atoms with Gasteiger partial charge in [-0.3, -0.25) is 0 Å². The molecule has 0 saturated heterocycles. The molecule has 1 amide bonds. The van der Waals surface area contributed by atoms with Gasteiger partial charge in [-0.25, -0.2) is 4.79 Å². The van der Waals surface area contributed by atoms with Crippen LogP contribution in [0.3, 0.4) is 0 Å². The van der Waals surface area contributed by atoms with Gasteiger partial charge in [0.25, 0.3) is 0 Å². The quantitative estimate of drug-likeness (QED) is 0.423. The van der Waals surface area contributed by atoms with E-state index in [2.05, 4.69) is 41.4 Å². The zero-order chi connectivity index (χ0) is 20.9. The third kappa shape index (κ3) is 4.50. The number of alkyl carbamates (subject to hydrolysis) is 1. The lowest BCUT2D eigenvalue weighted by Crippen LogP contribution is -2.26. The zero-order valence-electron chi connectivity index (χ0n) is 16.7. The summed E-state index contributed by atoms with van der Waals surface area (Å²) in [5, 5.41) is 3.45. The maximum atomic E-state index is 12.1. The largest absolute Gasteiger partial charge is 0.449 e. The Morgan fingerprint density at radius 3 is 2.37 bits per heavy atom. The van der Waals surface area contributed by atoms with Crippen LogP contribution in [0.25, 0.3) is 11.1 Å². The van der Waals surface area contributed by atoms with Crippen molar-refractivity contribution in [2.75, 3.05) is 13.2 Å². The SMILES string of the molecule is Cc1cc(Cl)cc(C#CCCNC(=O)OCC2c3ccccc3-c3ccccc32)c1. The first-order valence-electron chi connectivity index (χ1n) is 9.97. The Labute approximate surface area is 182 Å². The molecule has 3 aromatic rings. The van der Waals surface area contributed by atoms with Gasteiger partial charge in [-0.15, -0.1) is 0 Å². The second-order valence-electron chi connectivity index (χ2n) is 7.32. The van der Waals surface area contributed by atoms with Gasteiger partial charge in [-0.2, -0.15) is 0 Å². The molecule has 0 fully saturated rings. The van der Waals surface area contributed by atoms with Gasteiger partial charge in [0.1, 0.15) is 6.61 Å². The molecule has 0 aromatic heterocycles. The average Bonchev–Trinajstić information content (AvgIpc) is 3.05. The molecule has 0 bridgehead atoms. The zero-order valence-corrected chi connectivity index (χ0v) is 17.5. The lowest BCUT2D eigenvalue weighted by Gasteiger charge is -2.14. The van der Waals surface area contributed by atoms with Crippen LogP contribution in [0.5, 0.6) is 0 Å². The second-order valence-corrected chi connectivity index (χ2v) is 7.76. The summed E-state index contributed by atoms with van der Waals surface area (Å²) < 4.78 is 5.52. The van der Waals surface area contributed by atoms with E-state index in [-0.39, 0.29) is 5.92 Å². The molecule has 3 nitrogen and oxygen atoms in total. The van der Waals surface area contributed by atoms with Crippen molar-refractivity contribution in [3.05, 3.63) is 94.0 Å². The summed E-state index contributed by atoms with van der Waals surface area (Å²) >= 11 is 6.04. The van der Waals surface area contributed by atoms with E-state index >= 15 is 0 Å². The van der Waals surface area contributed by atoms with Gasteiger partial charge < -0.3 is 10.1 Å². The van der Waals surface area contributed by atoms with Crippen molar-refractivity contribution >= 4 is 17.7 Å². The van der Waals surface area contributed by atoms with Crippen molar-refractivity contribution in [2.24, 2.45) is 0 Å². The molecule has 0 radical (unpaired) electrons. The van der Waals surface area contributed by atoms with Crippen LogP contribution in [0, 0.1) is 18.8 Å². The smallest absolute Gasteiger partial charge is 0.407 e. The first kappa shape index (κ1) is 20.1. The number of halogens is 1. The van der Waals surface area contributed by atoms with Crippen LogP contribution in [0.2, 0.25) is 5.02 Å². The highest BCUT2D eigenvalue weighted by atomic mass is 35.5. The fraction of sp³-hybridized carbons (Fsp3) is 0.192. The van der Waals surface area contributed by atoms with Crippen LogP contribution in [0.1, 0.15) is 34.6 Å².